The molecule has 0 atom stereocenters. The van der Waals surface area contributed by atoms with Crippen molar-refractivity contribution < 1.29 is 7.16 Å². The van der Waals surface area contributed by atoms with Crippen LogP contribution in [-0.4, -0.2) is 14.4 Å². The fourth-order valence-corrected chi connectivity index (χ4v) is 3.06. The Labute approximate surface area is 156 Å². The van der Waals surface area contributed by atoms with E-state index in [0.717, 1.165) is 22.3 Å². The molecule has 4 aromatic rings. The van der Waals surface area contributed by atoms with Crippen molar-refractivity contribution in [3.05, 3.63) is 54.1 Å². The van der Waals surface area contributed by atoms with Gasteiger partial charge >= 0.3 is 0 Å². The smallest absolute Gasteiger partial charge is 0.228 e. The number of imidazole rings is 1. The van der Waals surface area contributed by atoms with Gasteiger partial charge in [0.2, 0.25) is 5.71 Å². The van der Waals surface area contributed by atoms with Crippen molar-refractivity contribution in [2.24, 2.45) is 0 Å². The lowest BCUT2D eigenvalue weighted by molar-refractivity contribution is 0.555. The van der Waals surface area contributed by atoms with Crippen LogP contribution in [0.2, 0.25) is 0 Å². The fourth-order valence-electron chi connectivity index (χ4n) is 3.06. The van der Waals surface area contributed by atoms with Gasteiger partial charge in [0.1, 0.15) is 13.4 Å². The van der Waals surface area contributed by atoms with Crippen LogP contribution < -0.4 is 0 Å². The number of hydrogen-bond donors (Lipinski definition) is 0. The SMILES string of the molecule is [2H]c1cc(-c2cccc3c2oc2c(C(C)(C)C)nc([2H])n23)ncc1C(C)(C)C. The molecule has 26 heavy (non-hydrogen) atoms. The molecule has 0 aliphatic carbocycles. The van der Waals surface area contributed by atoms with Crippen LogP contribution in [0.5, 0.6) is 0 Å². The van der Waals surface area contributed by atoms with E-state index in [-0.39, 0.29) is 17.1 Å². The lowest BCUT2D eigenvalue weighted by Crippen LogP contribution is -2.11. The maximum Gasteiger partial charge on any atom is 0.228 e. The Morgan fingerprint density at radius 1 is 1.00 bits per heavy atom. The normalized spacial score (nSPS) is 14.1. The summed E-state index contributed by atoms with van der Waals surface area (Å²) in [4.78, 5) is 9.04. The lowest BCUT2D eigenvalue weighted by Gasteiger charge is -2.18. The summed E-state index contributed by atoms with van der Waals surface area (Å²) in [6.07, 6.45) is 1.94. The van der Waals surface area contributed by atoms with Crippen molar-refractivity contribution in [3.63, 3.8) is 0 Å². The molecule has 0 spiro atoms. The number of nitrogens with zero attached hydrogens (tertiary/aromatic N) is 3. The minimum absolute atomic E-state index is 0.135. The molecule has 4 nitrogen and oxygen atoms in total. The molecule has 3 aromatic heterocycles. The second-order valence-corrected chi connectivity index (χ2v) is 8.80. The van der Waals surface area contributed by atoms with Crippen LogP contribution in [0.3, 0.4) is 0 Å². The lowest BCUT2D eigenvalue weighted by atomic mass is 9.88. The molecule has 3 heterocycles. The highest BCUT2D eigenvalue weighted by Gasteiger charge is 2.24. The molecule has 0 N–H and O–H groups in total. The molecule has 0 aliphatic heterocycles. The van der Waals surface area contributed by atoms with Crippen molar-refractivity contribution in [1.29, 1.82) is 0 Å². The van der Waals surface area contributed by atoms with Crippen LogP contribution in [0.15, 0.2) is 47.2 Å². The van der Waals surface area contributed by atoms with E-state index in [0.29, 0.717) is 23.0 Å². The maximum atomic E-state index is 8.44. The number of para-hydroxylation sites is 1. The van der Waals surface area contributed by atoms with E-state index in [1.165, 1.54) is 0 Å². The summed E-state index contributed by atoms with van der Waals surface area (Å²) in [5, 5.41) is 0. The minimum atomic E-state index is -0.237. The van der Waals surface area contributed by atoms with Crippen LogP contribution >= 0.6 is 0 Å². The van der Waals surface area contributed by atoms with Crippen molar-refractivity contribution in [3.8, 4) is 11.3 Å². The number of fused-ring (bicyclic) bond motifs is 3. The van der Waals surface area contributed by atoms with Crippen LogP contribution in [0, 0.1) is 0 Å². The number of rotatable bonds is 1. The van der Waals surface area contributed by atoms with E-state index < -0.39 is 0 Å². The summed E-state index contributed by atoms with van der Waals surface area (Å²) in [6, 6.07) is 8.04. The Morgan fingerprint density at radius 2 is 1.77 bits per heavy atom. The topological polar surface area (TPSA) is 43.3 Å². The van der Waals surface area contributed by atoms with Gasteiger partial charge < -0.3 is 4.42 Å². The number of hydrogen-bond acceptors (Lipinski definition) is 3. The summed E-state index contributed by atoms with van der Waals surface area (Å²) >= 11 is 0. The summed E-state index contributed by atoms with van der Waals surface area (Å²) < 4.78 is 24.7. The second-order valence-electron chi connectivity index (χ2n) is 8.80. The van der Waals surface area contributed by atoms with Crippen molar-refractivity contribution in [1.82, 2.24) is 14.4 Å². The quantitative estimate of drug-likeness (QED) is 0.440. The first-order valence-corrected chi connectivity index (χ1v) is 8.87. The molecule has 0 radical (unpaired) electrons. The predicted octanol–water partition coefficient (Wildman–Crippen LogP) is 5.74. The van der Waals surface area contributed by atoms with Gasteiger partial charge in [-0.15, -0.1) is 0 Å². The maximum absolute atomic E-state index is 8.44. The van der Waals surface area contributed by atoms with Crippen LogP contribution in [0.25, 0.3) is 28.1 Å². The molecule has 134 valence electrons. The number of oxazole rings is 1. The van der Waals surface area contributed by atoms with E-state index in [4.69, 9.17) is 7.16 Å². The van der Waals surface area contributed by atoms with Gasteiger partial charge in [0.25, 0.3) is 0 Å². The zero-order chi connectivity index (χ0) is 20.4. The van der Waals surface area contributed by atoms with Crippen molar-refractivity contribution >= 4 is 16.8 Å². The van der Waals surface area contributed by atoms with E-state index in [1.54, 1.807) is 16.7 Å². The number of pyridine rings is 1. The van der Waals surface area contributed by atoms with Gasteiger partial charge in [-0.3, -0.25) is 9.38 Å². The molecule has 0 saturated carbocycles. The largest absolute Gasteiger partial charge is 0.435 e. The third kappa shape index (κ3) is 2.61. The predicted molar refractivity (Wildman–Crippen MR) is 106 cm³/mol. The number of benzene rings is 1. The van der Waals surface area contributed by atoms with Gasteiger partial charge in [-0.05, 0) is 29.2 Å². The molecule has 0 fully saturated rings. The Kier molecular flexibility index (Phi) is 3.04. The first-order chi connectivity index (χ1) is 13.0. The van der Waals surface area contributed by atoms with Crippen LogP contribution in [0.1, 0.15) is 55.5 Å². The van der Waals surface area contributed by atoms with E-state index in [9.17, 15) is 0 Å². The number of aromatic nitrogens is 3. The van der Waals surface area contributed by atoms with Gasteiger partial charge in [-0.25, -0.2) is 4.98 Å². The van der Waals surface area contributed by atoms with Gasteiger partial charge in [0.05, 0.1) is 12.6 Å². The highest BCUT2D eigenvalue weighted by atomic mass is 16.3. The average molecular weight is 349 g/mol. The minimum Gasteiger partial charge on any atom is -0.435 e. The van der Waals surface area contributed by atoms with Gasteiger partial charge in [-0.1, -0.05) is 53.7 Å². The average Bonchev–Trinajstić information content (AvgIpc) is 3.10. The zero-order valence-electron chi connectivity index (χ0n) is 18.1. The summed E-state index contributed by atoms with van der Waals surface area (Å²) in [5.41, 5.74) is 4.84. The fraction of sp³-hybridized carbons (Fsp3) is 0.364. The van der Waals surface area contributed by atoms with Crippen molar-refractivity contribution in [2.45, 2.75) is 52.4 Å². The third-order valence-corrected chi connectivity index (χ3v) is 4.59. The first-order valence-electron chi connectivity index (χ1n) is 9.87. The Morgan fingerprint density at radius 3 is 2.42 bits per heavy atom. The Bertz CT molecular complexity index is 1210. The van der Waals surface area contributed by atoms with E-state index in [1.807, 2.05) is 18.2 Å². The van der Waals surface area contributed by atoms with E-state index in [2.05, 4.69) is 51.5 Å². The van der Waals surface area contributed by atoms with Gasteiger partial charge in [0, 0.05) is 17.2 Å². The molecule has 0 bridgehead atoms. The third-order valence-electron chi connectivity index (χ3n) is 4.59. The van der Waals surface area contributed by atoms with Crippen molar-refractivity contribution in [2.75, 3.05) is 0 Å². The monoisotopic (exact) mass is 349 g/mol. The first kappa shape index (κ1) is 14.5. The van der Waals surface area contributed by atoms with E-state index >= 15 is 0 Å². The highest BCUT2D eigenvalue weighted by molar-refractivity contribution is 5.91. The standard InChI is InChI=1S/C22H25N3O/c1-21(2,3)14-10-11-16(23-12-14)15-8-7-9-17-18(15)26-20-19(22(4,5)6)24-13-25(17)20/h7-13H,1-6H3/i10D,13D. The second kappa shape index (κ2) is 5.44. The molecule has 0 saturated heterocycles. The van der Waals surface area contributed by atoms with Gasteiger partial charge in [-0.2, -0.15) is 0 Å². The molecule has 0 aliphatic rings. The molecule has 0 amide bonds. The summed E-state index contributed by atoms with van der Waals surface area (Å²) in [5.74, 6) is 0. The molecular weight excluding hydrogens is 322 g/mol. The highest BCUT2D eigenvalue weighted by Crippen LogP contribution is 2.34. The molecule has 1 aromatic carbocycles. The molecule has 4 heteroatoms. The molecule has 0 unspecified atom stereocenters. The van der Waals surface area contributed by atoms with Gasteiger partial charge in [0.15, 0.2) is 5.58 Å². The zero-order valence-corrected chi connectivity index (χ0v) is 16.1. The summed E-state index contributed by atoms with van der Waals surface area (Å²) in [6.45, 7) is 12.4. The Hall–Kier alpha value is -2.62. The van der Waals surface area contributed by atoms with Crippen LogP contribution in [0.4, 0.5) is 0 Å². The molecule has 4 rings (SSSR count). The summed E-state index contributed by atoms with van der Waals surface area (Å²) in [7, 11) is 0. The van der Waals surface area contributed by atoms with Crippen LogP contribution in [-0.2, 0) is 10.8 Å². The Balaban J connectivity index is 1.98. The molecular formula is C22H25N3O.